The van der Waals surface area contributed by atoms with Crippen LogP contribution in [0.15, 0.2) is 52.4 Å². The number of carboxylic acid groups (broad SMARTS) is 1. The molecule has 0 amide bonds. The van der Waals surface area contributed by atoms with Crippen LogP contribution in [-0.2, 0) is 9.53 Å². The summed E-state index contributed by atoms with van der Waals surface area (Å²) in [5.74, 6) is 2.03. The lowest BCUT2D eigenvalue weighted by atomic mass is 10.2. The van der Waals surface area contributed by atoms with Gasteiger partial charge in [-0.05, 0) is 69.2 Å². The molecule has 2 atom stereocenters. The van der Waals surface area contributed by atoms with Crippen LogP contribution in [0.25, 0.3) is 0 Å². The van der Waals surface area contributed by atoms with E-state index in [0.717, 1.165) is 33.9 Å². The maximum Gasteiger partial charge on any atom is 0.341 e. The first-order chi connectivity index (χ1) is 14.4. The molecule has 3 rings (SSSR count). The van der Waals surface area contributed by atoms with E-state index in [1.165, 1.54) is 0 Å². The van der Waals surface area contributed by atoms with Gasteiger partial charge in [0, 0.05) is 16.2 Å². The quantitative estimate of drug-likeness (QED) is 0.440. The lowest BCUT2D eigenvalue weighted by Gasteiger charge is -2.10. The summed E-state index contributed by atoms with van der Waals surface area (Å²) in [4.78, 5) is 16.3. The predicted molar refractivity (Wildman–Crippen MR) is 118 cm³/mol. The number of hydrogen-bond donors (Lipinski definition) is 1. The molecule has 0 radical (unpaired) electrons. The maximum atomic E-state index is 10.6. The van der Waals surface area contributed by atoms with Crippen LogP contribution in [0.2, 0.25) is 0 Å². The van der Waals surface area contributed by atoms with Gasteiger partial charge in [-0.3, -0.25) is 0 Å². The normalized spacial score (nSPS) is 17.9. The smallest absolute Gasteiger partial charge is 0.341 e. The van der Waals surface area contributed by atoms with Crippen LogP contribution >= 0.6 is 11.8 Å². The van der Waals surface area contributed by atoms with Gasteiger partial charge in [0.1, 0.15) is 17.6 Å². The minimum atomic E-state index is -0.980. The van der Waals surface area contributed by atoms with Crippen LogP contribution in [-0.4, -0.2) is 48.1 Å². The van der Waals surface area contributed by atoms with Crippen molar-refractivity contribution in [1.82, 2.24) is 0 Å². The van der Waals surface area contributed by atoms with Crippen molar-refractivity contribution < 1.29 is 24.1 Å². The second kappa shape index (κ2) is 10.4. The largest absolute Gasteiger partial charge is 0.494 e. The standard InChI is InChI=1S/C23H27NO5S/c1-15-12-20(8-9-21(15)28-14-22(25)26)30-11-5-10-27-19-7-4-6-18(13-19)23-24-16(2)17(3)29-23/h4,6-9,12-13,16-17H,5,10-11,14H2,1-3H3,(H,25,26). The molecule has 6 nitrogen and oxygen atoms in total. The molecule has 0 saturated carbocycles. The second-order valence-electron chi connectivity index (χ2n) is 7.19. The molecule has 1 heterocycles. The first kappa shape index (κ1) is 22.0. The van der Waals surface area contributed by atoms with Gasteiger partial charge < -0.3 is 19.3 Å². The van der Waals surface area contributed by atoms with Crippen molar-refractivity contribution in [3.05, 3.63) is 53.6 Å². The van der Waals surface area contributed by atoms with E-state index in [1.54, 1.807) is 11.8 Å². The number of hydrogen-bond acceptors (Lipinski definition) is 6. The first-order valence-electron chi connectivity index (χ1n) is 9.98. The summed E-state index contributed by atoms with van der Waals surface area (Å²) in [6.45, 7) is 6.28. The summed E-state index contributed by atoms with van der Waals surface area (Å²) in [5, 5.41) is 8.71. The number of carboxylic acids is 1. The Labute approximate surface area is 181 Å². The summed E-state index contributed by atoms with van der Waals surface area (Å²) < 4.78 is 17.0. The van der Waals surface area contributed by atoms with Gasteiger partial charge >= 0.3 is 5.97 Å². The molecule has 2 aromatic rings. The number of ether oxygens (including phenoxy) is 3. The zero-order valence-electron chi connectivity index (χ0n) is 17.5. The number of benzene rings is 2. The van der Waals surface area contributed by atoms with Crippen LogP contribution in [0.1, 0.15) is 31.4 Å². The fraction of sp³-hybridized carbons (Fsp3) is 0.391. The van der Waals surface area contributed by atoms with Gasteiger partial charge in [0.15, 0.2) is 6.61 Å². The molecule has 0 aliphatic carbocycles. The topological polar surface area (TPSA) is 77.3 Å². The van der Waals surface area contributed by atoms with E-state index >= 15 is 0 Å². The minimum absolute atomic E-state index is 0.100. The van der Waals surface area contributed by atoms with Gasteiger partial charge in [0.2, 0.25) is 5.90 Å². The zero-order valence-corrected chi connectivity index (χ0v) is 18.3. The Balaban J connectivity index is 1.42. The number of nitrogens with zero attached hydrogens (tertiary/aromatic N) is 1. The van der Waals surface area contributed by atoms with E-state index in [-0.39, 0.29) is 18.8 Å². The molecule has 7 heteroatoms. The van der Waals surface area contributed by atoms with Gasteiger partial charge in [0.05, 0.1) is 12.6 Å². The van der Waals surface area contributed by atoms with Gasteiger partial charge in [-0.1, -0.05) is 6.07 Å². The molecule has 0 bridgehead atoms. The Bertz CT molecular complexity index is 914. The van der Waals surface area contributed by atoms with E-state index in [2.05, 4.69) is 4.99 Å². The summed E-state index contributed by atoms with van der Waals surface area (Å²) in [6.07, 6.45) is 1.000. The Morgan fingerprint density at radius 2 is 2.03 bits per heavy atom. The molecule has 30 heavy (non-hydrogen) atoms. The Morgan fingerprint density at radius 1 is 1.20 bits per heavy atom. The van der Waals surface area contributed by atoms with Gasteiger partial charge in [0.25, 0.3) is 0 Å². The Morgan fingerprint density at radius 3 is 2.73 bits per heavy atom. The van der Waals surface area contributed by atoms with E-state index < -0.39 is 5.97 Å². The number of thioether (sulfide) groups is 1. The van der Waals surface area contributed by atoms with Crippen LogP contribution < -0.4 is 9.47 Å². The molecule has 2 aromatic carbocycles. The third-order valence-corrected chi connectivity index (χ3v) is 5.78. The van der Waals surface area contributed by atoms with Crippen molar-refractivity contribution >= 4 is 23.6 Å². The van der Waals surface area contributed by atoms with Crippen molar-refractivity contribution in [2.75, 3.05) is 19.0 Å². The number of aliphatic carboxylic acids is 1. The van der Waals surface area contributed by atoms with Crippen molar-refractivity contribution in [3.8, 4) is 11.5 Å². The maximum absolute atomic E-state index is 10.6. The lowest BCUT2D eigenvalue weighted by molar-refractivity contribution is -0.139. The summed E-state index contributed by atoms with van der Waals surface area (Å²) in [7, 11) is 0. The van der Waals surface area contributed by atoms with Gasteiger partial charge in [-0.15, -0.1) is 11.8 Å². The zero-order chi connectivity index (χ0) is 21.5. The Kier molecular flexibility index (Phi) is 7.63. The van der Waals surface area contributed by atoms with Gasteiger partial charge in [-0.25, -0.2) is 9.79 Å². The van der Waals surface area contributed by atoms with Crippen molar-refractivity contribution in [2.45, 2.75) is 44.2 Å². The molecule has 1 aliphatic heterocycles. The predicted octanol–water partition coefficient (Wildman–Crippen LogP) is 4.57. The highest BCUT2D eigenvalue weighted by molar-refractivity contribution is 7.99. The van der Waals surface area contributed by atoms with Crippen molar-refractivity contribution in [1.29, 1.82) is 0 Å². The van der Waals surface area contributed by atoms with Crippen LogP contribution in [0, 0.1) is 6.92 Å². The number of carbonyl (C=O) groups is 1. The molecular weight excluding hydrogens is 402 g/mol. The summed E-state index contributed by atoms with van der Waals surface area (Å²) >= 11 is 1.74. The third-order valence-electron chi connectivity index (χ3n) is 4.70. The average molecular weight is 430 g/mol. The summed E-state index contributed by atoms with van der Waals surface area (Å²) in [6, 6.07) is 13.8. The minimum Gasteiger partial charge on any atom is -0.494 e. The fourth-order valence-corrected chi connectivity index (χ4v) is 3.83. The lowest BCUT2D eigenvalue weighted by Crippen LogP contribution is -2.14. The van der Waals surface area contributed by atoms with Crippen molar-refractivity contribution in [2.24, 2.45) is 4.99 Å². The molecule has 2 unspecified atom stereocenters. The molecule has 160 valence electrons. The highest BCUT2D eigenvalue weighted by Gasteiger charge is 2.24. The second-order valence-corrected chi connectivity index (χ2v) is 8.35. The molecular formula is C23H27NO5S. The number of rotatable bonds is 10. The third kappa shape index (κ3) is 6.16. The van der Waals surface area contributed by atoms with Crippen LogP contribution in [0.4, 0.5) is 0 Å². The SMILES string of the molecule is Cc1cc(SCCCOc2cccc(C3=NC(C)C(C)O3)c2)ccc1OCC(=O)O. The van der Waals surface area contributed by atoms with E-state index in [9.17, 15) is 4.79 Å². The van der Waals surface area contributed by atoms with E-state index in [0.29, 0.717) is 18.3 Å². The summed E-state index contributed by atoms with van der Waals surface area (Å²) in [5.41, 5.74) is 1.87. The number of aryl methyl sites for hydroxylation is 1. The number of aliphatic imine (C=N–C) groups is 1. The highest BCUT2D eigenvalue weighted by Crippen LogP contribution is 2.26. The molecule has 0 fully saturated rings. The average Bonchev–Trinajstić information content (AvgIpc) is 3.06. The van der Waals surface area contributed by atoms with Gasteiger partial charge in [-0.2, -0.15) is 0 Å². The molecule has 1 N–H and O–H groups in total. The first-order valence-corrected chi connectivity index (χ1v) is 11.0. The molecule has 1 aliphatic rings. The highest BCUT2D eigenvalue weighted by atomic mass is 32.2. The Hall–Kier alpha value is -2.67. The molecule has 0 saturated heterocycles. The van der Waals surface area contributed by atoms with E-state index in [1.807, 2.05) is 63.2 Å². The molecule has 0 aromatic heterocycles. The fourth-order valence-electron chi connectivity index (χ4n) is 2.91. The van der Waals surface area contributed by atoms with Crippen LogP contribution in [0.3, 0.4) is 0 Å². The monoisotopic (exact) mass is 429 g/mol. The van der Waals surface area contributed by atoms with Crippen LogP contribution in [0.5, 0.6) is 11.5 Å². The molecule has 0 spiro atoms. The van der Waals surface area contributed by atoms with E-state index in [4.69, 9.17) is 19.3 Å². The van der Waals surface area contributed by atoms with Crippen molar-refractivity contribution in [3.63, 3.8) is 0 Å².